The quantitative estimate of drug-likeness (QED) is 0.730. The van der Waals surface area contributed by atoms with Gasteiger partial charge in [-0.1, -0.05) is 26.0 Å². The van der Waals surface area contributed by atoms with Crippen LogP contribution >= 0.6 is 0 Å². The minimum absolute atomic E-state index is 0.0000229. The number of aliphatic hydroxyl groups excluding tert-OH is 1. The Morgan fingerprint density at radius 1 is 1.10 bits per heavy atom. The molecule has 0 heterocycles. The van der Waals surface area contributed by atoms with E-state index in [9.17, 15) is 5.11 Å². The molecular formula is C16H27NO3. The summed E-state index contributed by atoms with van der Waals surface area (Å²) < 4.78 is 10.4. The van der Waals surface area contributed by atoms with Gasteiger partial charge in [-0.05, 0) is 30.5 Å². The Hall–Kier alpha value is -1.10. The Morgan fingerprint density at radius 2 is 1.75 bits per heavy atom. The minimum Gasteiger partial charge on any atom is -0.389 e. The molecule has 0 aliphatic carbocycles. The Morgan fingerprint density at radius 3 is 2.30 bits per heavy atom. The van der Waals surface area contributed by atoms with Crippen molar-refractivity contribution >= 4 is 5.69 Å². The van der Waals surface area contributed by atoms with Crippen LogP contribution in [0.4, 0.5) is 5.69 Å². The summed E-state index contributed by atoms with van der Waals surface area (Å²) >= 11 is 0. The van der Waals surface area contributed by atoms with Gasteiger partial charge in [-0.15, -0.1) is 0 Å². The highest BCUT2D eigenvalue weighted by Crippen LogP contribution is 2.17. The number of hydrogen-bond acceptors (Lipinski definition) is 4. The number of aliphatic hydroxyl groups is 1. The normalized spacial score (nSPS) is 14.3. The summed E-state index contributed by atoms with van der Waals surface area (Å²) in [5.74, 6) is 0.533. The Labute approximate surface area is 122 Å². The average molecular weight is 281 g/mol. The first-order valence-corrected chi connectivity index (χ1v) is 7.15. The van der Waals surface area contributed by atoms with Crippen molar-refractivity contribution in [1.82, 2.24) is 0 Å². The van der Waals surface area contributed by atoms with Gasteiger partial charge in [0.25, 0.3) is 0 Å². The molecule has 0 aliphatic heterocycles. The summed E-state index contributed by atoms with van der Waals surface area (Å²) in [6.07, 6.45) is -0.529. The molecule has 4 nitrogen and oxygen atoms in total. The highest BCUT2D eigenvalue weighted by molar-refractivity contribution is 5.45. The molecule has 20 heavy (non-hydrogen) atoms. The number of nitrogens with one attached hydrogen (secondary N) is 1. The third-order valence-corrected chi connectivity index (χ3v) is 3.09. The number of anilines is 1. The predicted octanol–water partition coefficient (Wildman–Crippen LogP) is 2.63. The van der Waals surface area contributed by atoms with Gasteiger partial charge in [-0.25, -0.2) is 0 Å². The highest BCUT2D eigenvalue weighted by Gasteiger charge is 2.08. The van der Waals surface area contributed by atoms with Crippen LogP contribution in [-0.4, -0.2) is 44.2 Å². The van der Waals surface area contributed by atoms with Gasteiger partial charge in [-0.3, -0.25) is 0 Å². The molecule has 0 aliphatic rings. The lowest BCUT2D eigenvalue weighted by Crippen LogP contribution is -2.28. The molecule has 0 radical (unpaired) electrons. The molecule has 1 aromatic carbocycles. The molecule has 2 N–H and O–H groups in total. The molecule has 0 bridgehead atoms. The van der Waals surface area contributed by atoms with E-state index in [-0.39, 0.29) is 6.10 Å². The van der Waals surface area contributed by atoms with Gasteiger partial charge in [-0.2, -0.15) is 0 Å². The second kappa shape index (κ2) is 8.95. The van der Waals surface area contributed by atoms with E-state index < -0.39 is 6.10 Å². The molecule has 114 valence electrons. The second-order valence-electron chi connectivity index (χ2n) is 5.41. The molecule has 4 heteroatoms. The molecule has 0 amide bonds. The lowest BCUT2D eigenvalue weighted by Gasteiger charge is -2.17. The third-order valence-electron chi connectivity index (χ3n) is 3.09. The first-order chi connectivity index (χ1) is 9.52. The van der Waals surface area contributed by atoms with Crippen molar-refractivity contribution in [3.63, 3.8) is 0 Å². The molecule has 1 aromatic rings. The molecular weight excluding hydrogens is 254 g/mol. The van der Waals surface area contributed by atoms with Crippen LogP contribution in [-0.2, 0) is 9.47 Å². The molecule has 0 fully saturated rings. The summed E-state index contributed by atoms with van der Waals surface area (Å²) in [4.78, 5) is 0. The van der Waals surface area contributed by atoms with Gasteiger partial charge in [0.05, 0.1) is 25.4 Å². The van der Waals surface area contributed by atoms with E-state index in [2.05, 4.69) is 31.3 Å². The zero-order chi connectivity index (χ0) is 15.0. The van der Waals surface area contributed by atoms with Gasteiger partial charge in [0.1, 0.15) is 0 Å². The Bertz CT molecular complexity index is 364. The monoisotopic (exact) mass is 281 g/mol. The molecule has 0 spiro atoms. The smallest absolute Gasteiger partial charge is 0.0945 e. The van der Waals surface area contributed by atoms with Gasteiger partial charge >= 0.3 is 0 Å². The third kappa shape index (κ3) is 6.37. The van der Waals surface area contributed by atoms with Gasteiger partial charge in [0, 0.05) is 19.3 Å². The maximum atomic E-state index is 9.84. The van der Waals surface area contributed by atoms with Crippen LogP contribution in [0, 0.1) is 0 Å². The SMILES string of the molecule is COCC(C)OCC(O)CNc1ccc(C(C)C)cc1. The van der Waals surface area contributed by atoms with E-state index in [1.165, 1.54) is 5.56 Å². The van der Waals surface area contributed by atoms with Gasteiger partial charge in [0.15, 0.2) is 0 Å². The zero-order valence-electron chi connectivity index (χ0n) is 12.9. The summed E-state index contributed by atoms with van der Waals surface area (Å²) in [7, 11) is 1.64. The highest BCUT2D eigenvalue weighted by atomic mass is 16.5. The van der Waals surface area contributed by atoms with Crippen LogP contribution in [0.5, 0.6) is 0 Å². The summed E-state index contributed by atoms with van der Waals surface area (Å²) in [5.41, 5.74) is 2.33. The number of benzene rings is 1. The standard InChI is InChI=1S/C16H27NO3/c1-12(2)14-5-7-15(8-6-14)17-9-16(18)11-20-13(3)10-19-4/h5-8,12-13,16-18H,9-11H2,1-4H3. The first kappa shape index (κ1) is 17.0. The van der Waals surface area contributed by atoms with Gasteiger partial charge in [0.2, 0.25) is 0 Å². The van der Waals surface area contributed by atoms with Crippen molar-refractivity contribution in [2.45, 2.75) is 38.9 Å². The topological polar surface area (TPSA) is 50.7 Å². The maximum Gasteiger partial charge on any atom is 0.0945 e. The summed E-state index contributed by atoms with van der Waals surface area (Å²) in [6, 6.07) is 8.29. The van der Waals surface area contributed by atoms with Crippen LogP contribution in [0.2, 0.25) is 0 Å². The van der Waals surface area contributed by atoms with Crippen molar-refractivity contribution in [3.05, 3.63) is 29.8 Å². The summed E-state index contributed by atoms with van der Waals surface area (Å²) in [6.45, 7) is 7.59. The van der Waals surface area contributed by atoms with E-state index in [4.69, 9.17) is 9.47 Å². The van der Waals surface area contributed by atoms with Crippen molar-refractivity contribution in [1.29, 1.82) is 0 Å². The summed E-state index contributed by atoms with van der Waals surface area (Å²) in [5, 5.41) is 13.0. The second-order valence-corrected chi connectivity index (χ2v) is 5.41. The van der Waals surface area contributed by atoms with E-state index in [0.29, 0.717) is 25.7 Å². The van der Waals surface area contributed by atoms with Crippen LogP contribution in [0.15, 0.2) is 24.3 Å². The Kier molecular flexibility index (Phi) is 7.59. The first-order valence-electron chi connectivity index (χ1n) is 7.15. The van der Waals surface area contributed by atoms with E-state index in [1.807, 2.05) is 19.1 Å². The lowest BCUT2D eigenvalue weighted by molar-refractivity contribution is -0.0282. The van der Waals surface area contributed by atoms with Crippen molar-refractivity contribution in [3.8, 4) is 0 Å². The zero-order valence-corrected chi connectivity index (χ0v) is 12.9. The fraction of sp³-hybridized carbons (Fsp3) is 0.625. The van der Waals surface area contributed by atoms with Crippen LogP contribution in [0.25, 0.3) is 0 Å². The lowest BCUT2D eigenvalue weighted by atomic mass is 10.0. The van der Waals surface area contributed by atoms with E-state index >= 15 is 0 Å². The molecule has 2 atom stereocenters. The predicted molar refractivity (Wildman–Crippen MR) is 82.3 cm³/mol. The minimum atomic E-state index is -0.529. The number of rotatable bonds is 9. The molecule has 0 saturated heterocycles. The number of ether oxygens (including phenoxy) is 2. The molecule has 2 unspecified atom stereocenters. The van der Waals surface area contributed by atoms with E-state index in [1.54, 1.807) is 7.11 Å². The Balaban J connectivity index is 2.28. The number of hydrogen-bond donors (Lipinski definition) is 2. The largest absolute Gasteiger partial charge is 0.389 e. The fourth-order valence-corrected chi connectivity index (χ4v) is 1.84. The molecule has 0 saturated carbocycles. The molecule has 1 rings (SSSR count). The van der Waals surface area contributed by atoms with Crippen molar-refractivity contribution < 1.29 is 14.6 Å². The van der Waals surface area contributed by atoms with E-state index in [0.717, 1.165) is 5.69 Å². The fourth-order valence-electron chi connectivity index (χ4n) is 1.84. The van der Waals surface area contributed by atoms with Gasteiger partial charge < -0.3 is 19.9 Å². The maximum absolute atomic E-state index is 9.84. The van der Waals surface area contributed by atoms with Crippen LogP contribution < -0.4 is 5.32 Å². The van der Waals surface area contributed by atoms with Crippen molar-refractivity contribution in [2.75, 3.05) is 32.2 Å². The number of methoxy groups -OCH3 is 1. The van der Waals surface area contributed by atoms with Crippen LogP contribution in [0.3, 0.4) is 0 Å². The average Bonchev–Trinajstić information content (AvgIpc) is 2.43. The van der Waals surface area contributed by atoms with Crippen molar-refractivity contribution in [2.24, 2.45) is 0 Å². The van der Waals surface area contributed by atoms with Crippen LogP contribution in [0.1, 0.15) is 32.3 Å². The molecule has 0 aromatic heterocycles.